The van der Waals surface area contributed by atoms with Gasteiger partial charge in [-0.25, -0.2) is 4.79 Å². The lowest BCUT2D eigenvalue weighted by Gasteiger charge is -2.11. The zero-order valence-corrected chi connectivity index (χ0v) is 8.26. The fraction of sp³-hybridized carbons (Fsp3) is 0.625. The first-order valence-corrected chi connectivity index (χ1v) is 4.73. The van der Waals surface area contributed by atoms with E-state index in [9.17, 15) is 14.4 Å². The third-order valence-electron chi connectivity index (χ3n) is 1.78. The molecule has 2 fully saturated rings. The minimum atomic E-state index is -0.740. The number of hydrogen-bond acceptors (Lipinski definition) is 5. The molecular formula is C8H14N4O3. The first-order valence-electron chi connectivity index (χ1n) is 4.73. The monoisotopic (exact) mass is 214 g/mol. The van der Waals surface area contributed by atoms with E-state index in [-0.39, 0.29) is 6.42 Å². The van der Waals surface area contributed by atoms with Crippen molar-refractivity contribution < 1.29 is 14.4 Å². The van der Waals surface area contributed by atoms with Gasteiger partial charge in [-0.15, -0.1) is 0 Å². The molecule has 2 aliphatic rings. The Morgan fingerprint density at radius 3 is 1.67 bits per heavy atom. The van der Waals surface area contributed by atoms with Gasteiger partial charge in [0.25, 0.3) is 0 Å². The van der Waals surface area contributed by atoms with Crippen molar-refractivity contribution in [2.24, 2.45) is 0 Å². The summed E-state index contributed by atoms with van der Waals surface area (Å²) in [6, 6.07) is -0.740. The van der Waals surface area contributed by atoms with Crippen molar-refractivity contribution in [3.8, 4) is 0 Å². The van der Waals surface area contributed by atoms with Gasteiger partial charge in [0.15, 0.2) is 0 Å². The highest BCUT2D eigenvalue weighted by molar-refractivity contribution is 6.14. The Balaban J connectivity index is 0.000000162. The van der Waals surface area contributed by atoms with E-state index in [1.54, 1.807) is 0 Å². The Morgan fingerprint density at radius 1 is 0.867 bits per heavy atom. The van der Waals surface area contributed by atoms with Crippen molar-refractivity contribution >= 4 is 17.8 Å². The summed E-state index contributed by atoms with van der Waals surface area (Å²) >= 11 is 0. The first kappa shape index (κ1) is 11.6. The van der Waals surface area contributed by atoms with Gasteiger partial charge in [-0.3, -0.25) is 20.2 Å². The maximum atomic E-state index is 10.3. The van der Waals surface area contributed by atoms with E-state index in [0.29, 0.717) is 0 Å². The van der Waals surface area contributed by atoms with Crippen molar-refractivity contribution in [3.05, 3.63) is 0 Å². The molecule has 4 amide bonds. The van der Waals surface area contributed by atoms with E-state index in [2.05, 4.69) is 10.6 Å². The zero-order valence-electron chi connectivity index (χ0n) is 8.26. The number of amides is 4. The molecule has 0 radical (unpaired) electrons. The molecule has 4 N–H and O–H groups in total. The lowest BCUT2D eigenvalue weighted by Crippen LogP contribution is -2.49. The fourth-order valence-corrected chi connectivity index (χ4v) is 1.12. The van der Waals surface area contributed by atoms with Crippen LogP contribution in [0.2, 0.25) is 0 Å². The van der Waals surface area contributed by atoms with Crippen molar-refractivity contribution in [1.29, 1.82) is 0 Å². The molecule has 0 atom stereocenters. The van der Waals surface area contributed by atoms with Crippen LogP contribution in [0.15, 0.2) is 0 Å². The van der Waals surface area contributed by atoms with Crippen LogP contribution >= 0.6 is 0 Å². The predicted octanol–water partition coefficient (Wildman–Crippen LogP) is -1.73. The van der Waals surface area contributed by atoms with Crippen LogP contribution in [0.5, 0.6) is 0 Å². The van der Waals surface area contributed by atoms with Gasteiger partial charge < -0.3 is 10.6 Å². The molecule has 0 bridgehead atoms. The normalized spacial score (nSPS) is 20.9. The molecule has 0 aliphatic carbocycles. The van der Waals surface area contributed by atoms with Crippen LogP contribution in [0.1, 0.15) is 12.8 Å². The number of nitrogens with one attached hydrogen (secondary N) is 4. The van der Waals surface area contributed by atoms with E-state index in [1.807, 2.05) is 10.6 Å². The molecule has 0 unspecified atom stereocenters. The summed E-state index contributed by atoms with van der Waals surface area (Å²) in [5, 5.41) is 10.1. The first-order chi connectivity index (χ1) is 7.18. The highest BCUT2D eigenvalue weighted by atomic mass is 16.2. The number of imide groups is 2. The Kier molecular flexibility index (Phi) is 4.72. The smallest absolute Gasteiger partial charge is 0.304 e. The summed E-state index contributed by atoms with van der Waals surface area (Å²) in [6.45, 7) is 3.38. The average Bonchev–Trinajstić information content (AvgIpc) is 2.19. The molecule has 2 saturated heterocycles. The minimum Gasteiger partial charge on any atom is -0.304 e. The largest absolute Gasteiger partial charge is 0.328 e. The van der Waals surface area contributed by atoms with E-state index in [4.69, 9.17) is 0 Å². The van der Waals surface area contributed by atoms with Crippen LogP contribution in [0, 0.1) is 0 Å². The standard InChI is InChI=1S/C4H4N2O3.C4H10N2/c7-2-1-3(8)6-4(9)5-2;1-2-5-4-6-3-1/h1H2,(H2,5,6,7,8,9);5-6H,1-4H2. The second-order valence-electron chi connectivity index (χ2n) is 3.13. The Morgan fingerprint density at radius 2 is 1.40 bits per heavy atom. The van der Waals surface area contributed by atoms with Gasteiger partial charge in [0, 0.05) is 6.67 Å². The second-order valence-corrected chi connectivity index (χ2v) is 3.13. The number of barbiturate groups is 1. The molecule has 7 nitrogen and oxygen atoms in total. The zero-order chi connectivity index (χ0) is 11.1. The fourth-order valence-electron chi connectivity index (χ4n) is 1.12. The summed E-state index contributed by atoms with van der Waals surface area (Å²) in [4.78, 5) is 30.8. The number of urea groups is 1. The number of carbonyl (C=O) groups is 3. The van der Waals surface area contributed by atoms with Gasteiger partial charge in [-0.1, -0.05) is 0 Å². The van der Waals surface area contributed by atoms with E-state index >= 15 is 0 Å². The quantitative estimate of drug-likeness (QED) is 0.359. The van der Waals surface area contributed by atoms with Gasteiger partial charge >= 0.3 is 6.03 Å². The van der Waals surface area contributed by atoms with Gasteiger partial charge in [0.1, 0.15) is 6.42 Å². The Bertz CT molecular complexity index is 206. The molecule has 0 aromatic rings. The van der Waals surface area contributed by atoms with Gasteiger partial charge in [-0.05, 0) is 19.5 Å². The van der Waals surface area contributed by atoms with Crippen LogP contribution in [0.25, 0.3) is 0 Å². The van der Waals surface area contributed by atoms with Crippen LogP contribution in [-0.2, 0) is 9.59 Å². The molecular weight excluding hydrogens is 200 g/mol. The summed E-state index contributed by atoms with van der Waals surface area (Å²) in [7, 11) is 0. The molecule has 15 heavy (non-hydrogen) atoms. The van der Waals surface area contributed by atoms with Gasteiger partial charge in [0.2, 0.25) is 11.8 Å². The minimum absolute atomic E-state index is 0.258. The number of rotatable bonds is 0. The van der Waals surface area contributed by atoms with E-state index in [0.717, 1.165) is 6.67 Å². The van der Waals surface area contributed by atoms with Gasteiger partial charge in [0.05, 0.1) is 0 Å². The maximum Gasteiger partial charge on any atom is 0.328 e. The molecule has 0 aromatic heterocycles. The summed E-state index contributed by atoms with van der Waals surface area (Å²) in [6.07, 6.45) is 1.02. The Labute approximate surface area is 87.0 Å². The molecule has 2 aliphatic heterocycles. The number of carbonyl (C=O) groups excluding carboxylic acids is 3. The van der Waals surface area contributed by atoms with Crippen molar-refractivity contribution in [2.45, 2.75) is 12.8 Å². The van der Waals surface area contributed by atoms with Crippen LogP contribution in [0.4, 0.5) is 4.79 Å². The summed E-state index contributed by atoms with van der Waals surface area (Å²) in [5.41, 5.74) is 0. The molecule has 84 valence electrons. The summed E-state index contributed by atoms with van der Waals surface area (Å²) < 4.78 is 0. The molecule has 0 aromatic carbocycles. The molecule has 0 spiro atoms. The van der Waals surface area contributed by atoms with Crippen LogP contribution in [-0.4, -0.2) is 37.6 Å². The highest BCUT2D eigenvalue weighted by Gasteiger charge is 2.20. The second kappa shape index (κ2) is 6.10. The predicted molar refractivity (Wildman–Crippen MR) is 51.8 cm³/mol. The molecule has 7 heteroatoms. The Hall–Kier alpha value is -1.47. The molecule has 0 saturated carbocycles. The van der Waals surface area contributed by atoms with Crippen LogP contribution in [0.3, 0.4) is 0 Å². The van der Waals surface area contributed by atoms with Crippen LogP contribution < -0.4 is 21.3 Å². The average molecular weight is 214 g/mol. The highest BCUT2D eigenvalue weighted by Crippen LogP contribution is 1.85. The van der Waals surface area contributed by atoms with E-state index in [1.165, 1.54) is 19.5 Å². The third-order valence-corrected chi connectivity index (χ3v) is 1.78. The topological polar surface area (TPSA) is 99.3 Å². The number of hydrogen-bond donors (Lipinski definition) is 4. The third kappa shape index (κ3) is 5.08. The van der Waals surface area contributed by atoms with E-state index < -0.39 is 17.8 Å². The lowest BCUT2D eigenvalue weighted by atomic mass is 10.3. The maximum absolute atomic E-state index is 10.3. The SMILES string of the molecule is C1CNCNC1.O=C1CC(=O)NC(=O)N1. The van der Waals surface area contributed by atoms with Crippen molar-refractivity contribution in [2.75, 3.05) is 19.8 Å². The summed E-state index contributed by atoms with van der Waals surface area (Å²) in [5.74, 6) is -1.10. The molecule has 2 rings (SSSR count). The van der Waals surface area contributed by atoms with Gasteiger partial charge in [-0.2, -0.15) is 0 Å². The van der Waals surface area contributed by atoms with Crippen molar-refractivity contribution in [1.82, 2.24) is 21.3 Å². The lowest BCUT2D eigenvalue weighted by molar-refractivity contribution is -0.129. The molecule has 2 heterocycles. The van der Waals surface area contributed by atoms with Crippen molar-refractivity contribution in [3.63, 3.8) is 0 Å².